The van der Waals surface area contributed by atoms with E-state index in [1.807, 2.05) is 0 Å². The number of amides is 2. The van der Waals surface area contributed by atoms with E-state index >= 15 is 0 Å². The number of alkyl halides is 17. The van der Waals surface area contributed by atoms with E-state index in [0.717, 1.165) is 6.08 Å². The summed E-state index contributed by atoms with van der Waals surface area (Å²) in [5.74, 6) is -57.6. The van der Waals surface area contributed by atoms with Gasteiger partial charge in [-0.2, -0.15) is 74.6 Å². The van der Waals surface area contributed by atoms with Gasteiger partial charge in [-0.1, -0.05) is 52.8 Å². The second kappa shape index (κ2) is 21.2. The van der Waals surface area contributed by atoms with Crippen molar-refractivity contribution in [1.29, 1.82) is 0 Å². The molecule has 376 valence electrons. The molecule has 0 saturated heterocycles. The molecule has 66 heavy (non-hydrogen) atoms. The van der Waals surface area contributed by atoms with Crippen LogP contribution in [0.25, 0.3) is 0 Å². The molecule has 2 atom stereocenters. The smallest absolute Gasteiger partial charge is 0.460 e. The topological polar surface area (TPSA) is 115 Å². The molecule has 0 aliphatic rings. The first-order valence-electron chi connectivity index (χ1n) is 19.3. The van der Waals surface area contributed by atoms with Crippen LogP contribution in [0.3, 0.4) is 0 Å². The fourth-order valence-corrected chi connectivity index (χ4v) is 11.0. The Kier molecular flexibility index (Phi) is 18.5. The molecule has 0 unspecified atom stereocenters. The number of carbonyl (C=O) groups is 2. The highest BCUT2D eigenvalue weighted by Gasteiger charge is 2.95. The number of hydrogen-bond donors (Lipinski definition) is 3. The molecule has 0 saturated carbocycles. The highest BCUT2D eigenvalue weighted by atomic mass is 28.4. The van der Waals surface area contributed by atoms with Gasteiger partial charge in [0.05, 0.1) is 13.7 Å². The fraction of sp³-hybridized carbons (Fsp3) is 0.590. The van der Waals surface area contributed by atoms with Crippen LogP contribution in [0.4, 0.5) is 85.1 Å². The van der Waals surface area contributed by atoms with Crippen molar-refractivity contribution in [3.8, 4) is 11.5 Å². The second-order valence-electron chi connectivity index (χ2n) is 15.4. The van der Waals surface area contributed by atoms with Gasteiger partial charge < -0.3 is 18.6 Å². The summed E-state index contributed by atoms with van der Waals surface area (Å²) >= 11 is 0. The van der Waals surface area contributed by atoms with Gasteiger partial charge in [0.25, 0.3) is 5.91 Å². The van der Waals surface area contributed by atoms with Gasteiger partial charge in [-0.05, 0) is 65.5 Å². The summed E-state index contributed by atoms with van der Waals surface area (Å²) in [5.41, 5.74) is 0.348. The van der Waals surface area contributed by atoms with Crippen LogP contribution < -0.4 is 20.3 Å². The lowest BCUT2D eigenvalue weighted by molar-refractivity contribution is -0.461. The lowest BCUT2D eigenvalue weighted by atomic mass is 9.88. The zero-order valence-electron chi connectivity index (χ0n) is 35.4. The molecule has 0 aliphatic carbocycles. The number of halogens is 17. The summed E-state index contributed by atoms with van der Waals surface area (Å²) in [6.07, 6.45) is -9.73. The molecule has 2 rings (SSSR count). The Morgan fingerprint density at radius 2 is 1.14 bits per heavy atom. The van der Waals surface area contributed by atoms with E-state index in [4.69, 9.17) is 23.8 Å². The molecule has 3 N–H and O–H groups in total. The lowest BCUT2D eigenvalue weighted by Gasteiger charge is -2.44. The Hall–Kier alpha value is -4.53. The highest BCUT2D eigenvalue weighted by Crippen LogP contribution is 2.64. The van der Waals surface area contributed by atoms with Crippen molar-refractivity contribution in [2.24, 2.45) is 5.92 Å². The van der Waals surface area contributed by atoms with Gasteiger partial charge in [0.15, 0.2) is 8.32 Å². The van der Waals surface area contributed by atoms with Crippen molar-refractivity contribution in [3.05, 3.63) is 66.2 Å². The monoisotopic (exact) mass is 1000 g/mol. The van der Waals surface area contributed by atoms with Crippen LogP contribution in [0.5, 0.6) is 11.5 Å². The molecule has 0 spiro atoms. The van der Waals surface area contributed by atoms with Crippen molar-refractivity contribution in [3.63, 3.8) is 0 Å². The quantitative estimate of drug-likeness (QED) is 0.0240. The Morgan fingerprint density at radius 3 is 1.59 bits per heavy atom. The summed E-state index contributed by atoms with van der Waals surface area (Å²) in [5, 5.41) is 11.3. The van der Waals surface area contributed by atoms with E-state index < -0.39 is 117 Å². The number of anilines is 1. The average Bonchev–Trinajstić information content (AvgIpc) is 3.21. The van der Waals surface area contributed by atoms with Gasteiger partial charge in [0.1, 0.15) is 24.2 Å². The van der Waals surface area contributed by atoms with E-state index in [1.165, 1.54) is 82.8 Å². The standard InChI is InChI=1S/C39H45F17N2O7Si/c1-22(2)66(23(3)4,21-18-32(40,41)33(42,43)34(44,45)35(46,47)36(48,49)37(50,51)38(52,53)39(54,55)56)64-20-19-63-28-14-10-25(11-15-28)30(24(5)8-7-9-29(59)58-61)65-31(60)57-26-12-16-27(62-6)17-13-26/h7,9-17,22-24,30,61H,8,18-21H2,1-6H3,(H,57,60)(H,58,59)/b9-7+/t24-,30+/m0/s1. The third kappa shape index (κ3) is 11.8. The van der Waals surface area contributed by atoms with Crippen molar-refractivity contribution in [2.45, 2.75) is 118 Å². The first-order valence-corrected chi connectivity index (χ1v) is 21.5. The van der Waals surface area contributed by atoms with Gasteiger partial charge in [-0.15, -0.1) is 0 Å². The van der Waals surface area contributed by atoms with Crippen LogP contribution in [-0.2, 0) is 14.0 Å². The Morgan fingerprint density at radius 1 is 0.667 bits per heavy atom. The number of hydroxylamine groups is 1. The maximum absolute atomic E-state index is 15.0. The minimum atomic E-state index is -8.71. The molecule has 2 amide bonds. The number of allylic oxidation sites excluding steroid dienone is 1. The lowest BCUT2D eigenvalue weighted by Crippen LogP contribution is -2.74. The second-order valence-corrected chi connectivity index (χ2v) is 20.5. The summed E-state index contributed by atoms with van der Waals surface area (Å²) in [4.78, 5) is 24.3. The molecule has 2 aromatic rings. The van der Waals surface area contributed by atoms with Gasteiger partial charge in [-0.25, -0.2) is 10.3 Å². The maximum Gasteiger partial charge on any atom is 0.460 e. The molecule has 0 aliphatic heterocycles. The molecule has 0 fully saturated rings. The molecule has 0 bridgehead atoms. The van der Waals surface area contributed by atoms with Crippen molar-refractivity contribution < 1.29 is 108 Å². The van der Waals surface area contributed by atoms with Crippen LogP contribution in [0.15, 0.2) is 60.7 Å². The number of hydrogen-bond acceptors (Lipinski definition) is 7. The summed E-state index contributed by atoms with van der Waals surface area (Å²) < 4.78 is 258. The Bertz CT molecular complexity index is 1920. The first-order chi connectivity index (χ1) is 30.0. The van der Waals surface area contributed by atoms with Crippen LogP contribution >= 0.6 is 0 Å². The van der Waals surface area contributed by atoms with Crippen LogP contribution in [0, 0.1) is 5.92 Å². The van der Waals surface area contributed by atoms with Gasteiger partial charge in [-0.3, -0.25) is 15.3 Å². The van der Waals surface area contributed by atoms with Crippen LogP contribution in [-0.4, -0.2) is 93.5 Å². The van der Waals surface area contributed by atoms with E-state index in [0.29, 0.717) is 17.0 Å². The number of benzene rings is 2. The first kappa shape index (κ1) is 57.6. The van der Waals surface area contributed by atoms with E-state index in [-0.39, 0.29) is 12.2 Å². The number of ether oxygens (including phenoxy) is 3. The largest absolute Gasteiger partial charge is 0.497 e. The van der Waals surface area contributed by atoms with Crippen molar-refractivity contribution >= 4 is 26.0 Å². The van der Waals surface area contributed by atoms with E-state index in [2.05, 4.69) is 5.32 Å². The molecule has 0 radical (unpaired) electrons. The van der Waals surface area contributed by atoms with E-state index in [1.54, 1.807) is 19.1 Å². The molecule has 9 nitrogen and oxygen atoms in total. The summed E-state index contributed by atoms with van der Waals surface area (Å²) in [6, 6.07) is 10.5. The average molecular weight is 1000 g/mol. The van der Waals surface area contributed by atoms with Crippen molar-refractivity contribution in [2.75, 3.05) is 25.6 Å². The maximum atomic E-state index is 15.0. The zero-order chi connectivity index (χ0) is 51.1. The van der Waals surface area contributed by atoms with Crippen molar-refractivity contribution in [1.82, 2.24) is 5.48 Å². The zero-order valence-corrected chi connectivity index (χ0v) is 36.4. The minimum Gasteiger partial charge on any atom is -0.497 e. The molecule has 0 heterocycles. The normalized spacial score (nSPS) is 14.9. The summed E-state index contributed by atoms with van der Waals surface area (Å²) in [6.45, 7) is 5.92. The Balaban J connectivity index is 2.29. The third-order valence-electron chi connectivity index (χ3n) is 10.5. The SMILES string of the molecule is COc1ccc(NC(=O)O[C@@H](c2ccc(OCCO[Si](CCC(F)(F)C(F)(F)C(F)(F)C(F)(F)C(F)(F)C(F)(F)C(F)(F)C(F)(F)F)(C(C)C)C(C)C)cc2)[C@@H](C)C/C=C/C(=O)NO)cc1. The number of carbonyl (C=O) groups excluding carboxylic acids is 2. The number of rotatable bonds is 24. The van der Waals surface area contributed by atoms with Gasteiger partial charge in [0, 0.05) is 24.1 Å². The fourth-order valence-electron chi connectivity index (χ4n) is 6.50. The molecule has 27 heteroatoms. The highest BCUT2D eigenvalue weighted by molar-refractivity contribution is 6.76. The third-order valence-corrected chi connectivity index (χ3v) is 16.2. The molecular formula is C39H45F17N2O7Si. The number of methoxy groups -OCH3 is 1. The summed E-state index contributed by atoms with van der Waals surface area (Å²) in [7, 11) is -2.59. The predicted molar refractivity (Wildman–Crippen MR) is 203 cm³/mol. The number of nitrogens with one attached hydrogen (secondary N) is 2. The molecule has 2 aromatic carbocycles. The van der Waals surface area contributed by atoms with Crippen LogP contribution in [0.1, 0.15) is 59.1 Å². The Labute approximate surface area is 367 Å². The van der Waals surface area contributed by atoms with Crippen LogP contribution in [0.2, 0.25) is 17.1 Å². The van der Waals surface area contributed by atoms with Gasteiger partial charge in [0.2, 0.25) is 0 Å². The predicted octanol–water partition coefficient (Wildman–Crippen LogP) is 12.6. The molecule has 0 aromatic heterocycles. The minimum absolute atomic E-state index is 0.0991. The molecular weight excluding hydrogens is 959 g/mol. The van der Waals surface area contributed by atoms with Gasteiger partial charge >= 0.3 is 53.7 Å². The van der Waals surface area contributed by atoms with E-state index in [9.17, 15) is 84.2 Å².